The van der Waals surface area contributed by atoms with Crippen LogP contribution in [0.5, 0.6) is 0 Å². The van der Waals surface area contributed by atoms with Gasteiger partial charge in [0.05, 0.1) is 12.4 Å². The fourth-order valence-electron chi connectivity index (χ4n) is 3.49. The molecule has 0 aliphatic carbocycles. The number of imidazole rings is 1. The number of hydrogen-bond donors (Lipinski definition) is 2. The summed E-state index contributed by atoms with van der Waals surface area (Å²) >= 11 is 0. The Morgan fingerprint density at radius 2 is 2.13 bits per heavy atom. The van der Waals surface area contributed by atoms with E-state index < -0.39 is 5.60 Å². The maximum Gasteiger partial charge on any atom is 0.407 e. The maximum atomic E-state index is 12.0. The number of alkyl carbamates (subject to hydrolysis) is 1. The summed E-state index contributed by atoms with van der Waals surface area (Å²) in [5.41, 5.74) is 1.92. The molecule has 1 fully saturated rings. The summed E-state index contributed by atoms with van der Waals surface area (Å²) in [7, 11) is 1.78. The van der Waals surface area contributed by atoms with Gasteiger partial charge in [-0.1, -0.05) is 24.3 Å². The van der Waals surface area contributed by atoms with Crippen LogP contribution in [0.4, 0.5) is 4.79 Å². The number of nitrogens with zero attached hydrogens (tertiary/aromatic N) is 4. The standard InChI is InChI=1S/C22H32N6O2/c1-22(2,3)30-21(29)26-19-8-10-28(15-19)20(23-4)25-13-17-6-5-7-18(12-17)14-27-11-9-24-16-27/h5-7,9,11-12,16,19H,8,10,13-15H2,1-4H3,(H,23,25)(H,26,29). The summed E-state index contributed by atoms with van der Waals surface area (Å²) in [4.78, 5) is 22.7. The van der Waals surface area contributed by atoms with Crippen molar-refractivity contribution in [1.29, 1.82) is 0 Å². The first-order valence-electron chi connectivity index (χ1n) is 10.3. The van der Waals surface area contributed by atoms with Crippen LogP contribution in [0.3, 0.4) is 0 Å². The van der Waals surface area contributed by atoms with Crippen molar-refractivity contribution in [2.75, 3.05) is 20.1 Å². The van der Waals surface area contributed by atoms with E-state index in [9.17, 15) is 4.79 Å². The fourth-order valence-corrected chi connectivity index (χ4v) is 3.49. The smallest absolute Gasteiger partial charge is 0.407 e. The van der Waals surface area contributed by atoms with Crippen molar-refractivity contribution in [2.45, 2.75) is 51.9 Å². The van der Waals surface area contributed by atoms with Gasteiger partial charge in [0.1, 0.15) is 5.60 Å². The molecule has 1 aromatic heterocycles. The van der Waals surface area contributed by atoms with Gasteiger partial charge in [0.15, 0.2) is 5.96 Å². The zero-order valence-corrected chi connectivity index (χ0v) is 18.3. The molecule has 162 valence electrons. The largest absolute Gasteiger partial charge is 0.444 e. The number of likely N-dealkylation sites (tertiary alicyclic amines) is 1. The van der Waals surface area contributed by atoms with Gasteiger partial charge in [-0.05, 0) is 38.3 Å². The summed E-state index contributed by atoms with van der Waals surface area (Å²) in [5.74, 6) is 0.837. The third kappa shape index (κ3) is 6.50. The highest BCUT2D eigenvalue weighted by atomic mass is 16.6. The average molecular weight is 413 g/mol. The Morgan fingerprint density at radius 3 is 2.83 bits per heavy atom. The summed E-state index contributed by atoms with van der Waals surface area (Å²) in [5, 5.41) is 6.39. The second-order valence-corrected chi connectivity index (χ2v) is 8.53. The van der Waals surface area contributed by atoms with E-state index in [1.54, 1.807) is 13.2 Å². The SMILES string of the molecule is CN=C(NCc1cccc(Cn2ccnc2)c1)N1CCC(NC(=O)OC(C)(C)C)C1. The second kappa shape index (κ2) is 9.65. The molecule has 0 radical (unpaired) electrons. The number of aliphatic imine (C=N–C) groups is 1. The van der Waals surface area contributed by atoms with Crippen molar-refractivity contribution in [3.05, 3.63) is 54.1 Å². The van der Waals surface area contributed by atoms with Gasteiger partial charge in [-0.25, -0.2) is 9.78 Å². The quantitative estimate of drug-likeness (QED) is 0.583. The summed E-state index contributed by atoms with van der Waals surface area (Å²) < 4.78 is 7.40. The summed E-state index contributed by atoms with van der Waals surface area (Å²) in [6.07, 6.45) is 6.06. The number of guanidine groups is 1. The highest BCUT2D eigenvalue weighted by Crippen LogP contribution is 2.13. The van der Waals surface area contributed by atoms with Gasteiger partial charge in [-0.3, -0.25) is 4.99 Å². The van der Waals surface area contributed by atoms with E-state index in [0.717, 1.165) is 25.5 Å². The number of amides is 1. The van der Waals surface area contributed by atoms with Crippen LogP contribution >= 0.6 is 0 Å². The molecular weight excluding hydrogens is 380 g/mol. The van der Waals surface area contributed by atoms with Gasteiger partial charge in [0, 0.05) is 45.6 Å². The van der Waals surface area contributed by atoms with Crippen molar-refractivity contribution in [3.8, 4) is 0 Å². The lowest BCUT2D eigenvalue weighted by Crippen LogP contribution is -2.44. The molecule has 3 rings (SSSR count). The minimum Gasteiger partial charge on any atom is -0.444 e. The highest BCUT2D eigenvalue weighted by Gasteiger charge is 2.27. The van der Waals surface area contributed by atoms with Crippen LogP contribution in [0, 0.1) is 0 Å². The molecule has 0 saturated carbocycles. The monoisotopic (exact) mass is 412 g/mol. The molecule has 1 saturated heterocycles. The first kappa shape index (κ1) is 21.7. The third-order valence-electron chi connectivity index (χ3n) is 4.79. The first-order chi connectivity index (χ1) is 14.3. The zero-order chi connectivity index (χ0) is 21.6. The van der Waals surface area contributed by atoms with Gasteiger partial charge in [-0.2, -0.15) is 0 Å². The summed E-state index contributed by atoms with van der Waals surface area (Å²) in [6.45, 7) is 8.62. The lowest BCUT2D eigenvalue weighted by atomic mass is 10.1. The van der Waals surface area contributed by atoms with Crippen LogP contribution in [0.25, 0.3) is 0 Å². The van der Waals surface area contributed by atoms with Gasteiger partial charge in [0.25, 0.3) is 0 Å². The fraction of sp³-hybridized carbons (Fsp3) is 0.500. The molecular formula is C22H32N6O2. The van der Waals surface area contributed by atoms with Gasteiger partial charge < -0.3 is 24.8 Å². The number of carbonyl (C=O) groups is 1. The normalized spacial score (nSPS) is 17.1. The molecule has 1 aliphatic rings. The van der Waals surface area contributed by atoms with Crippen LogP contribution in [0.1, 0.15) is 38.3 Å². The molecule has 8 heteroatoms. The van der Waals surface area contributed by atoms with E-state index in [1.165, 1.54) is 11.1 Å². The van der Waals surface area contributed by atoms with Crippen LogP contribution in [-0.2, 0) is 17.8 Å². The molecule has 2 heterocycles. The topological polar surface area (TPSA) is 83.8 Å². The molecule has 0 spiro atoms. The van der Waals surface area contributed by atoms with E-state index in [1.807, 2.05) is 37.9 Å². The van der Waals surface area contributed by atoms with Crippen LogP contribution < -0.4 is 10.6 Å². The number of benzene rings is 1. The number of aromatic nitrogens is 2. The molecule has 8 nitrogen and oxygen atoms in total. The Kier molecular flexibility index (Phi) is 6.97. The molecule has 1 unspecified atom stereocenters. The molecule has 2 aromatic rings. The third-order valence-corrected chi connectivity index (χ3v) is 4.79. The minimum absolute atomic E-state index is 0.0527. The molecule has 1 aliphatic heterocycles. The molecule has 1 aromatic carbocycles. The van der Waals surface area contributed by atoms with Gasteiger partial charge in [0.2, 0.25) is 0 Å². The van der Waals surface area contributed by atoms with Crippen LogP contribution in [0.15, 0.2) is 48.0 Å². The Hall–Kier alpha value is -3.03. The number of hydrogen-bond acceptors (Lipinski definition) is 4. The lowest BCUT2D eigenvalue weighted by molar-refractivity contribution is 0.0507. The average Bonchev–Trinajstić information content (AvgIpc) is 3.33. The highest BCUT2D eigenvalue weighted by molar-refractivity contribution is 5.80. The van der Waals surface area contributed by atoms with Gasteiger partial charge >= 0.3 is 6.09 Å². The van der Waals surface area contributed by atoms with E-state index >= 15 is 0 Å². The van der Waals surface area contributed by atoms with Crippen molar-refractivity contribution in [2.24, 2.45) is 4.99 Å². The Bertz CT molecular complexity index is 857. The second-order valence-electron chi connectivity index (χ2n) is 8.53. The minimum atomic E-state index is -0.494. The molecule has 30 heavy (non-hydrogen) atoms. The van der Waals surface area contributed by atoms with E-state index in [2.05, 4.69) is 49.8 Å². The molecule has 0 bridgehead atoms. The molecule has 1 amide bonds. The van der Waals surface area contributed by atoms with Crippen molar-refractivity contribution < 1.29 is 9.53 Å². The Balaban J connectivity index is 1.50. The van der Waals surface area contributed by atoms with E-state index in [0.29, 0.717) is 13.1 Å². The number of nitrogens with one attached hydrogen (secondary N) is 2. The van der Waals surface area contributed by atoms with Gasteiger partial charge in [-0.15, -0.1) is 0 Å². The predicted molar refractivity (Wildman–Crippen MR) is 117 cm³/mol. The Morgan fingerprint density at radius 1 is 1.33 bits per heavy atom. The van der Waals surface area contributed by atoms with Crippen LogP contribution in [0.2, 0.25) is 0 Å². The molecule has 2 N–H and O–H groups in total. The van der Waals surface area contributed by atoms with Crippen molar-refractivity contribution >= 4 is 12.1 Å². The van der Waals surface area contributed by atoms with Crippen molar-refractivity contribution in [1.82, 2.24) is 25.1 Å². The van der Waals surface area contributed by atoms with E-state index in [4.69, 9.17) is 4.74 Å². The maximum absolute atomic E-state index is 12.0. The van der Waals surface area contributed by atoms with E-state index in [-0.39, 0.29) is 12.1 Å². The van der Waals surface area contributed by atoms with Crippen molar-refractivity contribution in [3.63, 3.8) is 0 Å². The zero-order valence-electron chi connectivity index (χ0n) is 18.3. The number of rotatable bonds is 5. The Labute approximate surface area is 178 Å². The van der Waals surface area contributed by atoms with Crippen LogP contribution in [-0.4, -0.2) is 58.3 Å². The first-order valence-corrected chi connectivity index (χ1v) is 10.3. The lowest BCUT2D eigenvalue weighted by Gasteiger charge is -2.23. The molecule has 1 atom stereocenters. The number of carbonyl (C=O) groups excluding carboxylic acids is 1. The number of ether oxygens (including phenoxy) is 1. The summed E-state index contributed by atoms with van der Waals surface area (Å²) in [6, 6.07) is 8.54. The predicted octanol–water partition coefficient (Wildman–Crippen LogP) is 2.61.